The van der Waals surface area contributed by atoms with E-state index in [9.17, 15) is 9.76 Å². The van der Waals surface area contributed by atoms with Crippen LogP contribution in [0.5, 0.6) is 0 Å². The molecule has 2 unspecified atom stereocenters. The third-order valence-corrected chi connectivity index (χ3v) is 4.93. The van der Waals surface area contributed by atoms with Crippen molar-refractivity contribution in [1.29, 1.82) is 5.26 Å². The number of fused-ring (bicyclic) bond motifs is 1. The average Bonchev–Trinajstić information content (AvgIpc) is 2.50. The van der Waals surface area contributed by atoms with E-state index in [1.165, 1.54) is 6.20 Å². The first kappa shape index (κ1) is 14.3. The van der Waals surface area contributed by atoms with Gasteiger partial charge in [-0.2, -0.15) is 5.26 Å². The number of hydrogen-bond acceptors (Lipinski definition) is 5. The quantitative estimate of drug-likeness (QED) is 0.492. The van der Waals surface area contributed by atoms with Crippen LogP contribution in [0.1, 0.15) is 12.6 Å². The van der Waals surface area contributed by atoms with E-state index in [4.69, 9.17) is 5.26 Å². The number of pyridine rings is 1. The number of hydrogen-bond donors (Lipinski definition) is 1. The van der Waals surface area contributed by atoms with Crippen molar-refractivity contribution >= 4 is 28.0 Å². The van der Waals surface area contributed by atoms with Crippen LogP contribution in [0.15, 0.2) is 30.5 Å². The Morgan fingerprint density at radius 1 is 1.48 bits per heavy atom. The monoisotopic (exact) mass is 302 g/mol. The second-order valence-corrected chi connectivity index (χ2v) is 6.61. The SMILES string of the molecule is C[C@@H]1CN[S+]([O-])[N+]([O-])(c2ccc3c(C#N)nccc3c2)C1. The molecule has 2 heterocycles. The molecule has 1 aromatic heterocycles. The summed E-state index contributed by atoms with van der Waals surface area (Å²) >= 11 is -1.71. The second kappa shape index (κ2) is 5.26. The zero-order valence-corrected chi connectivity index (χ0v) is 12.3. The predicted octanol–water partition coefficient (Wildman–Crippen LogP) is 1.73. The Balaban J connectivity index is 2.11. The standard InChI is InChI=1S/C14H14N4O2S/c1-10-8-17-21(20)18(19,9-10)12-2-3-13-11(6-12)4-5-16-14(13)7-15/h2-6,10,17H,8-9H2,1H3/t10-,18?,21?/m1/s1. The van der Waals surface area contributed by atoms with Gasteiger partial charge in [0.05, 0.1) is 6.54 Å². The summed E-state index contributed by atoms with van der Waals surface area (Å²) in [5.74, 6) is 0.142. The zero-order valence-electron chi connectivity index (χ0n) is 11.4. The minimum atomic E-state index is -1.71. The fraction of sp³-hybridized carbons (Fsp3) is 0.286. The van der Waals surface area contributed by atoms with Crippen molar-refractivity contribution in [3.05, 3.63) is 41.4 Å². The molecule has 3 rings (SSSR count). The smallest absolute Gasteiger partial charge is 0.254 e. The predicted molar refractivity (Wildman–Crippen MR) is 81.8 cm³/mol. The lowest BCUT2D eigenvalue weighted by Gasteiger charge is -2.42. The zero-order chi connectivity index (χ0) is 15.0. The van der Waals surface area contributed by atoms with Gasteiger partial charge in [-0.05, 0) is 17.5 Å². The van der Waals surface area contributed by atoms with Crippen LogP contribution >= 0.6 is 0 Å². The lowest BCUT2D eigenvalue weighted by atomic mass is 10.1. The summed E-state index contributed by atoms with van der Waals surface area (Å²) in [7, 11) is 0. The highest BCUT2D eigenvalue weighted by Gasteiger charge is 2.41. The molecule has 108 valence electrons. The molecule has 1 N–H and O–H groups in total. The maximum Gasteiger partial charge on any atom is 0.254 e. The molecule has 1 fully saturated rings. The number of rotatable bonds is 1. The first-order valence-corrected chi connectivity index (χ1v) is 7.70. The van der Waals surface area contributed by atoms with E-state index in [1.807, 2.05) is 13.0 Å². The Bertz CT molecular complexity index is 732. The lowest BCUT2D eigenvalue weighted by molar-refractivity contribution is 0.377. The molecule has 6 nitrogen and oxygen atoms in total. The Morgan fingerprint density at radius 2 is 2.29 bits per heavy atom. The Hall–Kier alpha value is -1.69. The maximum atomic E-state index is 13.0. The van der Waals surface area contributed by atoms with Gasteiger partial charge in [-0.3, -0.25) is 0 Å². The number of aromatic nitrogens is 1. The Kier molecular flexibility index (Phi) is 3.57. The van der Waals surface area contributed by atoms with E-state index in [-0.39, 0.29) is 12.5 Å². The number of benzene rings is 1. The fourth-order valence-corrected chi connectivity index (χ4v) is 3.86. The van der Waals surface area contributed by atoms with E-state index in [1.54, 1.807) is 24.3 Å². The molecule has 0 spiro atoms. The van der Waals surface area contributed by atoms with Gasteiger partial charge in [0, 0.05) is 29.6 Å². The lowest BCUT2D eigenvalue weighted by Crippen LogP contribution is -2.61. The van der Waals surface area contributed by atoms with Crippen LogP contribution in [0.3, 0.4) is 0 Å². The summed E-state index contributed by atoms with van der Waals surface area (Å²) in [5, 5.41) is 23.4. The van der Waals surface area contributed by atoms with Crippen molar-refractivity contribution in [2.24, 2.45) is 5.92 Å². The number of nitriles is 1. The average molecular weight is 302 g/mol. The first-order valence-electron chi connectivity index (χ1n) is 6.59. The van der Waals surface area contributed by atoms with E-state index < -0.39 is 15.6 Å². The van der Waals surface area contributed by atoms with E-state index in [0.29, 0.717) is 23.3 Å². The molecule has 3 atom stereocenters. The summed E-state index contributed by atoms with van der Waals surface area (Å²) in [5.41, 5.74) is 0.748. The van der Waals surface area contributed by atoms with Crippen molar-refractivity contribution in [2.45, 2.75) is 6.92 Å². The summed E-state index contributed by atoms with van der Waals surface area (Å²) in [6, 6.07) is 8.80. The molecular formula is C14H14N4O2S. The molecule has 1 aromatic carbocycles. The number of nitrogens with one attached hydrogen (secondary N) is 1. The molecule has 0 aliphatic carbocycles. The Morgan fingerprint density at radius 3 is 3.05 bits per heavy atom. The highest BCUT2D eigenvalue weighted by molar-refractivity contribution is 7.89. The summed E-state index contributed by atoms with van der Waals surface area (Å²) < 4.78 is 14.0. The molecule has 1 saturated heterocycles. The van der Waals surface area contributed by atoms with Gasteiger partial charge in [-0.1, -0.05) is 11.6 Å². The molecule has 0 amide bonds. The summed E-state index contributed by atoms with van der Waals surface area (Å²) in [6.45, 7) is 2.79. The van der Waals surface area contributed by atoms with Crippen LogP contribution in [-0.4, -0.2) is 22.6 Å². The topological polar surface area (TPSA) is 94.8 Å². The molecule has 1 aliphatic heterocycles. The molecule has 1 aliphatic rings. The van der Waals surface area contributed by atoms with Crippen LogP contribution in [0, 0.1) is 22.5 Å². The number of hydroxylamine groups is 1. The minimum absolute atomic E-state index is 0.142. The minimum Gasteiger partial charge on any atom is -0.580 e. The fourth-order valence-electron chi connectivity index (χ4n) is 2.53. The largest absolute Gasteiger partial charge is 0.580 e. The Labute approximate surface area is 125 Å². The van der Waals surface area contributed by atoms with Crippen LogP contribution < -0.4 is 8.77 Å². The molecule has 0 bridgehead atoms. The van der Waals surface area contributed by atoms with E-state index in [2.05, 4.69) is 9.71 Å². The van der Waals surface area contributed by atoms with Crippen LogP contribution in [0.4, 0.5) is 5.69 Å². The van der Waals surface area contributed by atoms with Crippen LogP contribution in [0.2, 0.25) is 0 Å². The van der Waals surface area contributed by atoms with Crippen molar-refractivity contribution in [3.8, 4) is 6.07 Å². The van der Waals surface area contributed by atoms with Gasteiger partial charge >= 0.3 is 0 Å². The van der Waals surface area contributed by atoms with Crippen molar-refractivity contribution in [2.75, 3.05) is 13.1 Å². The number of nitrogens with zero attached hydrogens (tertiary/aromatic N) is 3. The molecule has 2 aromatic rings. The van der Waals surface area contributed by atoms with Gasteiger partial charge in [-0.15, -0.1) is 4.05 Å². The molecule has 21 heavy (non-hydrogen) atoms. The van der Waals surface area contributed by atoms with Gasteiger partial charge in [0.2, 0.25) is 0 Å². The van der Waals surface area contributed by atoms with Crippen molar-refractivity contribution in [3.63, 3.8) is 0 Å². The normalized spacial score (nSPS) is 29.2. The first-order chi connectivity index (χ1) is 10.0. The van der Waals surface area contributed by atoms with Crippen molar-refractivity contribution in [1.82, 2.24) is 13.8 Å². The van der Waals surface area contributed by atoms with E-state index in [0.717, 1.165) is 5.39 Å². The highest BCUT2D eigenvalue weighted by atomic mass is 32.2. The molecule has 0 saturated carbocycles. The van der Waals surface area contributed by atoms with Crippen LogP contribution in [-0.2, 0) is 11.5 Å². The van der Waals surface area contributed by atoms with Crippen molar-refractivity contribution < 1.29 is 4.55 Å². The summed E-state index contributed by atoms with van der Waals surface area (Å²) in [6.07, 6.45) is 1.54. The van der Waals surface area contributed by atoms with Gasteiger partial charge in [0.15, 0.2) is 5.69 Å². The maximum absolute atomic E-state index is 13.0. The van der Waals surface area contributed by atoms with Gasteiger partial charge in [0.1, 0.15) is 18.3 Å². The molecule has 7 heteroatoms. The van der Waals surface area contributed by atoms with Gasteiger partial charge in [0.25, 0.3) is 11.5 Å². The third kappa shape index (κ3) is 2.37. The van der Waals surface area contributed by atoms with Crippen LogP contribution in [0.25, 0.3) is 10.8 Å². The second-order valence-electron chi connectivity index (χ2n) is 5.24. The molecular weight excluding hydrogens is 288 g/mol. The third-order valence-electron chi connectivity index (χ3n) is 3.62. The van der Waals surface area contributed by atoms with Gasteiger partial charge in [-0.25, -0.2) is 4.98 Å². The summed E-state index contributed by atoms with van der Waals surface area (Å²) in [4.78, 5) is 4.00. The number of quaternary nitrogens is 1. The van der Waals surface area contributed by atoms with Gasteiger partial charge < -0.3 is 9.76 Å². The van der Waals surface area contributed by atoms with E-state index >= 15 is 0 Å². The highest BCUT2D eigenvalue weighted by Crippen LogP contribution is 2.32. The molecule has 0 radical (unpaired) electrons.